The molecule has 2 amide bonds. The number of H-pyrrole nitrogens is 2. The van der Waals surface area contributed by atoms with Crippen molar-refractivity contribution in [1.82, 2.24) is 20.0 Å². The quantitative estimate of drug-likeness (QED) is 0.519. The van der Waals surface area contributed by atoms with E-state index in [0.717, 1.165) is 38.8 Å². The van der Waals surface area contributed by atoms with Gasteiger partial charge >= 0.3 is 0 Å². The Labute approximate surface area is 184 Å². The first-order valence-electron chi connectivity index (χ1n) is 10.9. The molecule has 3 N–H and O–H groups in total. The van der Waals surface area contributed by atoms with E-state index in [4.69, 9.17) is 14.6 Å². The third-order valence-corrected chi connectivity index (χ3v) is 6.87. The highest BCUT2D eigenvalue weighted by molar-refractivity contribution is 5.81. The molecule has 4 rings (SSSR count). The average molecular weight is 450 g/mol. The van der Waals surface area contributed by atoms with Crippen molar-refractivity contribution in [2.24, 2.45) is 17.8 Å². The first-order chi connectivity index (χ1) is 15.4. The Kier molecular flexibility index (Phi) is 7.84. The van der Waals surface area contributed by atoms with E-state index in [1.807, 2.05) is 4.90 Å². The maximum atomic E-state index is 13.0. The SMILES string of the molecule is COC1CCN(C(=O)[C@@H]2C[C@H]3CCN(C(=O)Cc4cc(=O)[nH][nH]c4=O)C[C@H]32)CC1.O=CO. The molecule has 3 fully saturated rings. The fraction of sp³-hybridized carbons (Fsp3) is 0.667. The molecule has 2 aliphatic heterocycles. The summed E-state index contributed by atoms with van der Waals surface area (Å²) in [6.07, 6.45) is 3.68. The molecule has 0 unspecified atom stereocenters. The molecule has 11 heteroatoms. The number of ether oxygens (including phenoxy) is 1. The minimum atomic E-state index is -0.455. The third kappa shape index (κ3) is 5.26. The monoisotopic (exact) mass is 450 g/mol. The number of aromatic nitrogens is 2. The molecule has 3 heterocycles. The maximum Gasteiger partial charge on any atom is 0.290 e. The second-order valence-corrected chi connectivity index (χ2v) is 8.55. The van der Waals surface area contributed by atoms with E-state index in [9.17, 15) is 19.2 Å². The lowest BCUT2D eigenvalue weighted by atomic mass is 9.61. The largest absolute Gasteiger partial charge is 0.483 e. The van der Waals surface area contributed by atoms with Crippen LogP contribution >= 0.6 is 0 Å². The van der Waals surface area contributed by atoms with Gasteiger partial charge in [0, 0.05) is 50.8 Å². The zero-order chi connectivity index (χ0) is 23.3. The first-order valence-corrected chi connectivity index (χ1v) is 10.9. The van der Waals surface area contributed by atoms with E-state index in [1.54, 1.807) is 12.0 Å². The smallest absolute Gasteiger partial charge is 0.290 e. The van der Waals surface area contributed by atoms with Crippen molar-refractivity contribution < 1.29 is 24.2 Å². The van der Waals surface area contributed by atoms with E-state index in [0.29, 0.717) is 19.0 Å². The van der Waals surface area contributed by atoms with Crippen molar-refractivity contribution in [3.63, 3.8) is 0 Å². The van der Waals surface area contributed by atoms with Crippen molar-refractivity contribution in [3.05, 3.63) is 32.3 Å². The van der Waals surface area contributed by atoms with E-state index >= 15 is 0 Å². The fourth-order valence-corrected chi connectivity index (χ4v) is 5.01. The molecule has 1 aliphatic carbocycles. The van der Waals surface area contributed by atoms with Crippen LogP contribution < -0.4 is 11.1 Å². The van der Waals surface area contributed by atoms with Gasteiger partial charge in [0.2, 0.25) is 11.8 Å². The summed E-state index contributed by atoms with van der Waals surface area (Å²) in [5.41, 5.74) is -0.722. The molecule has 0 bridgehead atoms. The van der Waals surface area contributed by atoms with Gasteiger partial charge in [-0.25, -0.2) is 0 Å². The number of fused-ring (bicyclic) bond motifs is 1. The van der Waals surface area contributed by atoms with Crippen LogP contribution in [0.25, 0.3) is 0 Å². The molecular formula is C21H30N4O7. The molecule has 0 aromatic carbocycles. The molecule has 11 nitrogen and oxygen atoms in total. The van der Waals surface area contributed by atoms with Gasteiger partial charge in [0.15, 0.2) is 0 Å². The van der Waals surface area contributed by atoms with Crippen molar-refractivity contribution in [3.8, 4) is 0 Å². The van der Waals surface area contributed by atoms with Gasteiger partial charge in [0.1, 0.15) is 0 Å². The summed E-state index contributed by atoms with van der Waals surface area (Å²) in [7, 11) is 1.71. The summed E-state index contributed by atoms with van der Waals surface area (Å²) in [5.74, 6) is 0.711. The Balaban J connectivity index is 0.000000913. The van der Waals surface area contributed by atoms with E-state index < -0.39 is 11.1 Å². The van der Waals surface area contributed by atoms with E-state index in [1.165, 1.54) is 6.07 Å². The number of nitrogens with one attached hydrogen (secondary N) is 2. The van der Waals surface area contributed by atoms with Crippen molar-refractivity contribution in [1.29, 1.82) is 0 Å². The van der Waals surface area contributed by atoms with Crippen LogP contribution in [0.1, 0.15) is 31.2 Å². The zero-order valence-electron chi connectivity index (χ0n) is 18.1. The van der Waals surface area contributed by atoms with Gasteiger partial charge in [0.25, 0.3) is 17.6 Å². The lowest BCUT2D eigenvalue weighted by Crippen LogP contribution is -2.57. The van der Waals surface area contributed by atoms with Crippen LogP contribution in [0.4, 0.5) is 0 Å². The average Bonchev–Trinajstić information content (AvgIpc) is 2.77. The highest BCUT2D eigenvalue weighted by Crippen LogP contribution is 2.46. The Bertz CT molecular complexity index is 935. The molecule has 0 spiro atoms. The Hall–Kier alpha value is -2.95. The number of aromatic amines is 2. The van der Waals surface area contributed by atoms with Gasteiger partial charge in [-0.3, -0.25) is 34.2 Å². The van der Waals surface area contributed by atoms with Crippen LogP contribution in [-0.4, -0.2) is 82.8 Å². The zero-order valence-corrected chi connectivity index (χ0v) is 18.1. The van der Waals surface area contributed by atoms with Crippen LogP contribution in [0, 0.1) is 17.8 Å². The third-order valence-electron chi connectivity index (χ3n) is 6.87. The number of carbonyl (C=O) groups excluding carboxylic acids is 2. The van der Waals surface area contributed by atoms with Crippen LogP contribution in [-0.2, 0) is 25.5 Å². The van der Waals surface area contributed by atoms with Crippen molar-refractivity contribution in [2.45, 2.75) is 38.2 Å². The number of likely N-dealkylation sites (tertiary alicyclic amines) is 2. The molecule has 0 radical (unpaired) electrons. The number of carboxylic acid groups (broad SMARTS) is 1. The molecular weight excluding hydrogens is 420 g/mol. The first kappa shape index (κ1) is 23.7. The normalized spacial score (nSPS) is 25.1. The van der Waals surface area contributed by atoms with Crippen LogP contribution in [0.3, 0.4) is 0 Å². The summed E-state index contributed by atoms with van der Waals surface area (Å²) >= 11 is 0. The van der Waals surface area contributed by atoms with E-state index in [-0.39, 0.29) is 48.2 Å². The summed E-state index contributed by atoms with van der Waals surface area (Å²) in [6, 6.07) is 1.17. The topological polar surface area (TPSA) is 153 Å². The lowest BCUT2D eigenvalue weighted by Gasteiger charge is -2.51. The van der Waals surface area contributed by atoms with Gasteiger partial charge in [0.05, 0.1) is 12.5 Å². The molecule has 2 saturated heterocycles. The molecule has 1 aromatic heterocycles. The second kappa shape index (κ2) is 10.6. The van der Waals surface area contributed by atoms with Gasteiger partial charge < -0.3 is 19.6 Å². The lowest BCUT2D eigenvalue weighted by molar-refractivity contribution is -0.154. The van der Waals surface area contributed by atoms with Crippen molar-refractivity contribution in [2.75, 3.05) is 33.3 Å². The molecule has 176 valence electrons. The summed E-state index contributed by atoms with van der Waals surface area (Å²) < 4.78 is 5.38. The van der Waals surface area contributed by atoms with E-state index in [2.05, 4.69) is 10.2 Å². The number of piperidine rings is 2. The standard InChI is InChI=1S/C20H28N4O5.CH2O2/c1-29-14-3-6-23(7-4-14)20(28)15-8-12-2-5-24(11-16(12)15)18(26)10-13-9-17(25)21-22-19(13)27;2-1-3/h9,12,14-16H,2-8,10-11H2,1H3,(H,21,25)(H,22,27);1H,(H,2,3)/t12-,15-,16-;/m1./s1. The highest BCUT2D eigenvalue weighted by atomic mass is 16.5. The summed E-state index contributed by atoms with van der Waals surface area (Å²) in [5, 5.41) is 11.3. The molecule has 3 atom stereocenters. The number of hydrogen-bond donors (Lipinski definition) is 3. The fourth-order valence-electron chi connectivity index (χ4n) is 5.01. The molecule has 3 aliphatic rings. The van der Waals surface area contributed by atoms with Gasteiger partial charge in [-0.2, -0.15) is 0 Å². The Morgan fingerprint density at radius 1 is 1.16 bits per heavy atom. The number of amides is 2. The van der Waals surface area contributed by atoms with Crippen LogP contribution in [0.15, 0.2) is 15.7 Å². The Morgan fingerprint density at radius 2 is 1.81 bits per heavy atom. The summed E-state index contributed by atoms with van der Waals surface area (Å²) in [6.45, 7) is 2.41. The van der Waals surface area contributed by atoms with Gasteiger partial charge in [-0.05, 0) is 37.5 Å². The predicted molar refractivity (Wildman–Crippen MR) is 113 cm³/mol. The van der Waals surface area contributed by atoms with Crippen LogP contribution in [0.5, 0.6) is 0 Å². The minimum Gasteiger partial charge on any atom is -0.483 e. The predicted octanol–water partition coefficient (Wildman–Crippen LogP) is -0.571. The number of hydrogen-bond acceptors (Lipinski definition) is 6. The molecule has 1 saturated carbocycles. The molecule has 1 aromatic rings. The summed E-state index contributed by atoms with van der Waals surface area (Å²) in [4.78, 5) is 61.0. The van der Waals surface area contributed by atoms with Gasteiger partial charge in [-0.1, -0.05) is 0 Å². The minimum absolute atomic E-state index is 0.0160. The maximum absolute atomic E-state index is 13.0. The Morgan fingerprint density at radius 3 is 2.47 bits per heavy atom. The van der Waals surface area contributed by atoms with Gasteiger partial charge in [-0.15, -0.1) is 0 Å². The van der Waals surface area contributed by atoms with Crippen molar-refractivity contribution >= 4 is 18.3 Å². The number of carbonyl (C=O) groups is 3. The number of methoxy groups -OCH3 is 1. The van der Waals surface area contributed by atoms with Crippen LogP contribution in [0.2, 0.25) is 0 Å². The number of nitrogens with zero attached hydrogens (tertiary/aromatic N) is 2. The number of rotatable bonds is 4. The molecule has 32 heavy (non-hydrogen) atoms. The highest BCUT2D eigenvalue weighted by Gasteiger charge is 2.49. The second-order valence-electron chi connectivity index (χ2n) is 8.55.